The standard InChI is InChI=1S/C30H27NO4/c1-4-30-21-12-8-6-10-19(21)25(20-11-7-9-13-22(20)30)26-27(30)29(34)31(28(26)33)23-16-18(17(3)32)14-15-24(23)35-5-2/h6-16,25-27H,4-5H2,1-3H3/t25?,26-,27-,30?/m0/s1. The van der Waals surface area contributed by atoms with Crippen molar-refractivity contribution in [2.45, 2.75) is 38.5 Å². The predicted molar refractivity (Wildman–Crippen MR) is 133 cm³/mol. The van der Waals surface area contributed by atoms with E-state index in [9.17, 15) is 14.4 Å². The zero-order valence-corrected chi connectivity index (χ0v) is 20.1. The number of ketones is 1. The van der Waals surface area contributed by atoms with Crippen LogP contribution in [0.15, 0.2) is 66.7 Å². The van der Waals surface area contributed by atoms with Crippen LogP contribution in [-0.2, 0) is 15.0 Å². The molecule has 7 rings (SSSR count). The second-order valence-corrected chi connectivity index (χ2v) is 9.66. The fraction of sp³-hybridized carbons (Fsp3) is 0.300. The maximum absolute atomic E-state index is 14.3. The minimum absolute atomic E-state index is 0.129. The molecule has 3 aliphatic carbocycles. The fourth-order valence-corrected chi connectivity index (χ4v) is 6.96. The highest BCUT2D eigenvalue weighted by Gasteiger charge is 2.67. The zero-order chi connectivity index (χ0) is 24.5. The largest absolute Gasteiger partial charge is 0.492 e. The summed E-state index contributed by atoms with van der Waals surface area (Å²) >= 11 is 0. The lowest BCUT2D eigenvalue weighted by atomic mass is 9.46. The van der Waals surface area contributed by atoms with E-state index in [0.717, 1.165) is 22.3 Å². The second kappa shape index (κ2) is 7.64. The molecular weight excluding hydrogens is 438 g/mol. The first-order chi connectivity index (χ1) is 17.0. The molecule has 0 saturated carbocycles. The predicted octanol–water partition coefficient (Wildman–Crippen LogP) is 5.25. The lowest BCUT2D eigenvalue weighted by Crippen LogP contribution is -2.53. The summed E-state index contributed by atoms with van der Waals surface area (Å²) in [5.74, 6) is -1.31. The van der Waals surface area contributed by atoms with Gasteiger partial charge in [-0.15, -0.1) is 0 Å². The summed E-state index contributed by atoms with van der Waals surface area (Å²) in [7, 11) is 0. The van der Waals surface area contributed by atoms with Crippen LogP contribution in [-0.4, -0.2) is 24.2 Å². The number of carbonyl (C=O) groups excluding carboxylic acids is 3. The van der Waals surface area contributed by atoms with Crippen LogP contribution in [0, 0.1) is 11.8 Å². The number of ether oxygens (including phenoxy) is 1. The first-order valence-corrected chi connectivity index (χ1v) is 12.3. The second-order valence-electron chi connectivity index (χ2n) is 9.66. The van der Waals surface area contributed by atoms with Gasteiger partial charge in [-0.3, -0.25) is 14.4 Å². The van der Waals surface area contributed by atoms with Gasteiger partial charge in [0.25, 0.3) is 0 Å². The summed E-state index contributed by atoms with van der Waals surface area (Å²) < 4.78 is 5.82. The minimum Gasteiger partial charge on any atom is -0.492 e. The molecule has 1 heterocycles. The van der Waals surface area contributed by atoms with Crippen molar-refractivity contribution < 1.29 is 19.1 Å². The van der Waals surface area contributed by atoms with E-state index in [1.807, 2.05) is 31.2 Å². The Kier molecular flexibility index (Phi) is 4.75. The summed E-state index contributed by atoms with van der Waals surface area (Å²) in [6.07, 6.45) is 0.702. The molecule has 3 aromatic carbocycles. The molecule has 0 radical (unpaired) electrons. The first kappa shape index (κ1) is 21.8. The Morgan fingerprint density at radius 2 is 1.54 bits per heavy atom. The molecule has 2 bridgehead atoms. The maximum Gasteiger partial charge on any atom is 0.239 e. The molecule has 1 aliphatic heterocycles. The van der Waals surface area contributed by atoms with Gasteiger partial charge < -0.3 is 4.74 Å². The van der Waals surface area contributed by atoms with Crippen molar-refractivity contribution in [1.82, 2.24) is 0 Å². The van der Waals surface area contributed by atoms with Gasteiger partial charge in [-0.1, -0.05) is 55.5 Å². The Morgan fingerprint density at radius 1 is 0.914 bits per heavy atom. The molecule has 0 unspecified atom stereocenters. The van der Waals surface area contributed by atoms with E-state index in [-0.39, 0.29) is 23.5 Å². The van der Waals surface area contributed by atoms with Gasteiger partial charge in [-0.2, -0.15) is 0 Å². The molecule has 0 N–H and O–H groups in total. The Hall–Kier alpha value is -3.73. The zero-order valence-electron chi connectivity index (χ0n) is 20.1. The van der Waals surface area contributed by atoms with Gasteiger partial charge in [-0.05, 0) is 60.7 Å². The van der Waals surface area contributed by atoms with Crippen LogP contribution in [0.25, 0.3) is 0 Å². The lowest BCUT2D eigenvalue weighted by molar-refractivity contribution is -0.123. The SMILES string of the molecule is CCOc1ccc(C(C)=O)cc1N1C(=O)[C@@H]2[C@@H](C1=O)C1c3ccccc3C2(CC)c2ccccc21. The monoisotopic (exact) mass is 465 g/mol. The van der Waals surface area contributed by atoms with E-state index >= 15 is 0 Å². The third-order valence-electron chi connectivity index (χ3n) is 8.26. The molecule has 2 amide bonds. The summed E-state index contributed by atoms with van der Waals surface area (Å²) in [6, 6.07) is 21.5. The molecule has 1 fully saturated rings. The van der Waals surface area contributed by atoms with Crippen LogP contribution < -0.4 is 9.64 Å². The Labute approximate surface area is 204 Å². The number of carbonyl (C=O) groups is 3. The van der Waals surface area contributed by atoms with Crippen LogP contribution in [0.5, 0.6) is 5.75 Å². The van der Waals surface area contributed by atoms with E-state index in [2.05, 4.69) is 31.2 Å². The molecule has 4 aliphatic rings. The molecule has 0 spiro atoms. The van der Waals surface area contributed by atoms with Crippen LogP contribution >= 0.6 is 0 Å². The van der Waals surface area contributed by atoms with Crippen molar-refractivity contribution in [3.63, 3.8) is 0 Å². The van der Waals surface area contributed by atoms with Crippen LogP contribution in [0.3, 0.4) is 0 Å². The average molecular weight is 466 g/mol. The van der Waals surface area contributed by atoms with Crippen LogP contribution in [0.2, 0.25) is 0 Å². The van der Waals surface area contributed by atoms with Gasteiger partial charge in [-0.25, -0.2) is 4.90 Å². The topological polar surface area (TPSA) is 63.7 Å². The van der Waals surface area contributed by atoms with Gasteiger partial charge in [0, 0.05) is 16.9 Å². The van der Waals surface area contributed by atoms with Gasteiger partial charge in [0.15, 0.2) is 5.78 Å². The molecule has 5 nitrogen and oxygen atoms in total. The number of hydrogen-bond acceptors (Lipinski definition) is 4. The summed E-state index contributed by atoms with van der Waals surface area (Å²) in [5, 5.41) is 0. The van der Waals surface area contributed by atoms with Crippen molar-refractivity contribution in [1.29, 1.82) is 0 Å². The fourth-order valence-electron chi connectivity index (χ4n) is 6.96. The molecule has 3 aromatic rings. The van der Waals surface area contributed by atoms with Crippen molar-refractivity contribution in [3.05, 3.63) is 94.5 Å². The summed E-state index contributed by atoms with van der Waals surface area (Å²) in [6.45, 7) is 5.83. The molecule has 5 heteroatoms. The van der Waals surface area contributed by atoms with Crippen LogP contribution in [0.1, 0.15) is 65.7 Å². The Bertz CT molecular complexity index is 1360. The number of anilines is 1. The van der Waals surface area contributed by atoms with Gasteiger partial charge in [0.05, 0.1) is 24.1 Å². The van der Waals surface area contributed by atoms with E-state index in [1.54, 1.807) is 18.2 Å². The number of benzene rings is 3. The molecule has 176 valence electrons. The van der Waals surface area contributed by atoms with E-state index in [4.69, 9.17) is 4.74 Å². The highest BCUT2D eigenvalue weighted by Crippen LogP contribution is 2.65. The Morgan fingerprint density at radius 3 is 2.11 bits per heavy atom. The number of imide groups is 1. The van der Waals surface area contributed by atoms with Crippen molar-refractivity contribution in [3.8, 4) is 5.75 Å². The van der Waals surface area contributed by atoms with Gasteiger partial charge >= 0.3 is 0 Å². The Balaban J connectivity index is 1.60. The number of Topliss-reactive ketones (excluding diaryl/α,β-unsaturated/α-hetero) is 1. The van der Waals surface area contributed by atoms with E-state index in [0.29, 0.717) is 30.0 Å². The van der Waals surface area contributed by atoms with E-state index < -0.39 is 17.3 Å². The number of amides is 2. The average Bonchev–Trinajstić information content (AvgIpc) is 3.15. The molecular formula is C30H27NO4. The number of nitrogens with zero attached hydrogens (tertiary/aromatic N) is 1. The van der Waals surface area contributed by atoms with Gasteiger partial charge in [0.2, 0.25) is 11.8 Å². The normalized spacial score (nSPS) is 25.8. The summed E-state index contributed by atoms with van der Waals surface area (Å²) in [5.41, 5.74) is 4.80. The minimum atomic E-state index is -0.585. The highest BCUT2D eigenvalue weighted by molar-refractivity contribution is 6.24. The third kappa shape index (κ3) is 2.67. The molecule has 1 saturated heterocycles. The van der Waals surface area contributed by atoms with Gasteiger partial charge in [0.1, 0.15) is 5.75 Å². The van der Waals surface area contributed by atoms with Crippen LogP contribution in [0.4, 0.5) is 5.69 Å². The molecule has 0 aromatic heterocycles. The smallest absolute Gasteiger partial charge is 0.239 e. The van der Waals surface area contributed by atoms with Crippen molar-refractivity contribution in [2.24, 2.45) is 11.8 Å². The number of rotatable bonds is 5. The molecule has 2 atom stereocenters. The third-order valence-corrected chi connectivity index (χ3v) is 8.26. The first-order valence-electron chi connectivity index (χ1n) is 12.3. The summed E-state index contributed by atoms with van der Waals surface area (Å²) in [4.78, 5) is 42.0. The van der Waals surface area contributed by atoms with Crippen molar-refractivity contribution >= 4 is 23.3 Å². The highest BCUT2D eigenvalue weighted by atomic mass is 16.5. The van der Waals surface area contributed by atoms with Crippen molar-refractivity contribution in [2.75, 3.05) is 11.5 Å². The lowest BCUT2D eigenvalue weighted by Gasteiger charge is -2.54. The van der Waals surface area contributed by atoms with E-state index in [1.165, 1.54) is 11.8 Å². The quantitative estimate of drug-likeness (QED) is 0.381. The number of hydrogen-bond donors (Lipinski definition) is 0. The molecule has 35 heavy (non-hydrogen) atoms. The maximum atomic E-state index is 14.3.